The fourth-order valence-corrected chi connectivity index (χ4v) is 2.19. The Morgan fingerprint density at radius 3 is 2.47 bits per heavy atom. The minimum atomic E-state index is 0.0760. The van der Waals surface area contributed by atoms with Crippen molar-refractivity contribution >= 4 is 0 Å². The Labute approximate surface area is 119 Å². The molecule has 0 amide bonds. The van der Waals surface area contributed by atoms with E-state index in [0.717, 1.165) is 38.9 Å². The summed E-state index contributed by atoms with van der Waals surface area (Å²) in [6.45, 7) is 3.95. The summed E-state index contributed by atoms with van der Waals surface area (Å²) in [6, 6.07) is 0. The first-order chi connectivity index (χ1) is 9.43. The highest BCUT2D eigenvalue weighted by molar-refractivity contribution is 4.98. The lowest BCUT2D eigenvalue weighted by Gasteiger charge is -2.22. The van der Waals surface area contributed by atoms with E-state index in [1.807, 2.05) is 0 Å². The molecule has 2 nitrogen and oxygen atoms in total. The number of rotatable bonds is 9. The normalized spacial score (nSPS) is 18.9. The number of unbranched alkanes of at least 4 members (excludes halogenated alkanes) is 6. The Kier molecular flexibility index (Phi) is 10.9. The van der Waals surface area contributed by atoms with Crippen LogP contribution >= 0.6 is 0 Å². The highest BCUT2D eigenvalue weighted by atomic mass is 16.7. The Balaban J connectivity index is 1.80. The Morgan fingerprint density at radius 2 is 1.79 bits per heavy atom. The molecular formula is C17H30O2. The topological polar surface area (TPSA) is 18.5 Å². The summed E-state index contributed by atoms with van der Waals surface area (Å²) in [4.78, 5) is 0. The monoisotopic (exact) mass is 266 g/mol. The molecule has 0 spiro atoms. The fraction of sp³-hybridized carbons (Fsp3) is 0.882. The first-order valence-electron chi connectivity index (χ1n) is 8.12. The van der Waals surface area contributed by atoms with Crippen LogP contribution in [0.2, 0.25) is 0 Å². The van der Waals surface area contributed by atoms with E-state index in [9.17, 15) is 0 Å². The second-order valence-electron chi connectivity index (χ2n) is 5.29. The first kappa shape index (κ1) is 16.5. The van der Waals surface area contributed by atoms with Gasteiger partial charge in [0, 0.05) is 26.1 Å². The van der Waals surface area contributed by atoms with Crippen LogP contribution in [0.3, 0.4) is 0 Å². The van der Waals surface area contributed by atoms with Gasteiger partial charge < -0.3 is 9.47 Å². The zero-order chi connectivity index (χ0) is 13.6. The minimum Gasteiger partial charge on any atom is -0.353 e. The minimum absolute atomic E-state index is 0.0760. The van der Waals surface area contributed by atoms with Gasteiger partial charge in [-0.25, -0.2) is 0 Å². The lowest BCUT2D eigenvalue weighted by Crippen LogP contribution is -2.22. The molecule has 1 aliphatic rings. The molecule has 0 saturated carbocycles. The molecular weight excluding hydrogens is 236 g/mol. The maximum Gasteiger partial charge on any atom is 0.157 e. The van der Waals surface area contributed by atoms with Crippen molar-refractivity contribution in [3.63, 3.8) is 0 Å². The molecule has 1 aliphatic heterocycles. The Bertz CT molecular complexity index is 246. The van der Waals surface area contributed by atoms with Gasteiger partial charge >= 0.3 is 0 Å². The first-order valence-corrected chi connectivity index (χ1v) is 8.12. The maximum absolute atomic E-state index is 5.70. The van der Waals surface area contributed by atoms with Gasteiger partial charge in [-0.05, 0) is 38.5 Å². The Morgan fingerprint density at radius 1 is 1.00 bits per heavy atom. The van der Waals surface area contributed by atoms with Crippen LogP contribution in [0.1, 0.15) is 77.6 Å². The van der Waals surface area contributed by atoms with Crippen molar-refractivity contribution < 1.29 is 9.47 Å². The molecule has 1 fully saturated rings. The molecule has 0 radical (unpaired) electrons. The van der Waals surface area contributed by atoms with E-state index in [2.05, 4.69) is 18.8 Å². The van der Waals surface area contributed by atoms with Crippen molar-refractivity contribution in [3.05, 3.63) is 0 Å². The molecule has 0 aromatic rings. The molecule has 1 atom stereocenters. The molecule has 0 bridgehead atoms. The highest BCUT2D eigenvalue weighted by Gasteiger charge is 2.12. The van der Waals surface area contributed by atoms with Crippen LogP contribution < -0.4 is 0 Å². The zero-order valence-corrected chi connectivity index (χ0v) is 12.6. The average Bonchev–Trinajstić information content (AvgIpc) is 2.46. The zero-order valence-electron chi connectivity index (χ0n) is 12.6. The van der Waals surface area contributed by atoms with Crippen molar-refractivity contribution in [2.75, 3.05) is 13.2 Å². The predicted molar refractivity (Wildman–Crippen MR) is 79.9 cm³/mol. The third-order valence-electron chi connectivity index (χ3n) is 3.42. The molecule has 2 heteroatoms. The molecule has 1 saturated heterocycles. The van der Waals surface area contributed by atoms with Crippen LogP contribution in [-0.4, -0.2) is 19.5 Å². The van der Waals surface area contributed by atoms with Crippen LogP contribution in [0.5, 0.6) is 0 Å². The number of ether oxygens (including phenoxy) is 2. The smallest absolute Gasteiger partial charge is 0.157 e. The van der Waals surface area contributed by atoms with Gasteiger partial charge in [-0.15, -0.1) is 11.8 Å². The molecule has 0 aromatic heterocycles. The quantitative estimate of drug-likeness (QED) is 0.446. The lowest BCUT2D eigenvalue weighted by atomic mass is 10.2. The SMILES string of the molecule is CCCCCC#CCCCCCOC1CCCCO1. The maximum atomic E-state index is 5.70. The summed E-state index contributed by atoms with van der Waals surface area (Å²) in [6.07, 6.45) is 13.1. The average molecular weight is 266 g/mol. The van der Waals surface area contributed by atoms with Gasteiger partial charge in [-0.3, -0.25) is 0 Å². The van der Waals surface area contributed by atoms with Crippen molar-refractivity contribution in [3.8, 4) is 11.8 Å². The summed E-state index contributed by atoms with van der Waals surface area (Å²) < 4.78 is 11.2. The van der Waals surface area contributed by atoms with E-state index in [4.69, 9.17) is 9.47 Å². The molecule has 1 heterocycles. The number of hydrogen-bond acceptors (Lipinski definition) is 2. The van der Waals surface area contributed by atoms with Crippen LogP contribution in [0, 0.1) is 11.8 Å². The van der Waals surface area contributed by atoms with Crippen LogP contribution in [-0.2, 0) is 9.47 Å². The highest BCUT2D eigenvalue weighted by Crippen LogP contribution is 2.14. The summed E-state index contributed by atoms with van der Waals surface area (Å²) in [7, 11) is 0. The van der Waals surface area contributed by atoms with Crippen molar-refractivity contribution in [2.24, 2.45) is 0 Å². The van der Waals surface area contributed by atoms with Gasteiger partial charge in [0.25, 0.3) is 0 Å². The van der Waals surface area contributed by atoms with E-state index in [1.165, 1.54) is 44.9 Å². The van der Waals surface area contributed by atoms with Gasteiger partial charge in [0.1, 0.15) is 0 Å². The second kappa shape index (κ2) is 12.5. The summed E-state index contributed by atoms with van der Waals surface area (Å²) in [5, 5.41) is 0. The van der Waals surface area contributed by atoms with Gasteiger partial charge in [0.05, 0.1) is 0 Å². The second-order valence-corrected chi connectivity index (χ2v) is 5.29. The van der Waals surface area contributed by atoms with Gasteiger partial charge in [0.15, 0.2) is 6.29 Å². The predicted octanol–water partition coefficient (Wildman–Crippen LogP) is 4.67. The fourth-order valence-electron chi connectivity index (χ4n) is 2.19. The third kappa shape index (κ3) is 9.99. The molecule has 110 valence electrons. The van der Waals surface area contributed by atoms with Gasteiger partial charge in [0.2, 0.25) is 0 Å². The molecule has 1 rings (SSSR count). The van der Waals surface area contributed by atoms with Crippen LogP contribution in [0.4, 0.5) is 0 Å². The van der Waals surface area contributed by atoms with E-state index in [-0.39, 0.29) is 6.29 Å². The van der Waals surface area contributed by atoms with Gasteiger partial charge in [-0.1, -0.05) is 26.2 Å². The number of hydrogen-bond donors (Lipinski definition) is 0. The van der Waals surface area contributed by atoms with Crippen molar-refractivity contribution in [2.45, 2.75) is 83.8 Å². The molecule has 0 N–H and O–H groups in total. The largest absolute Gasteiger partial charge is 0.353 e. The van der Waals surface area contributed by atoms with E-state index >= 15 is 0 Å². The van der Waals surface area contributed by atoms with Crippen LogP contribution in [0.15, 0.2) is 0 Å². The molecule has 0 aliphatic carbocycles. The summed E-state index contributed by atoms with van der Waals surface area (Å²) >= 11 is 0. The summed E-state index contributed by atoms with van der Waals surface area (Å²) in [5.41, 5.74) is 0. The van der Waals surface area contributed by atoms with Crippen LogP contribution in [0.25, 0.3) is 0 Å². The third-order valence-corrected chi connectivity index (χ3v) is 3.42. The van der Waals surface area contributed by atoms with E-state index in [1.54, 1.807) is 0 Å². The summed E-state index contributed by atoms with van der Waals surface area (Å²) in [5.74, 6) is 6.53. The van der Waals surface area contributed by atoms with Gasteiger partial charge in [-0.2, -0.15) is 0 Å². The van der Waals surface area contributed by atoms with E-state index in [0.29, 0.717) is 0 Å². The standard InChI is InChI=1S/C17H30O2/c1-2-3-4-5-6-7-8-9-10-12-15-18-17-14-11-13-16-19-17/h17H,2-5,8-16H2,1H3. The Hall–Kier alpha value is -0.520. The van der Waals surface area contributed by atoms with Crippen molar-refractivity contribution in [1.82, 2.24) is 0 Å². The molecule has 1 unspecified atom stereocenters. The lowest BCUT2D eigenvalue weighted by molar-refractivity contribution is -0.162. The van der Waals surface area contributed by atoms with E-state index < -0.39 is 0 Å². The molecule has 0 aromatic carbocycles. The van der Waals surface area contributed by atoms with Crippen molar-refractivity contribution in [1.29, 1.82) is 0 Å². The molecule has 19 heavy (non-hydrogen) atoms.